The SMILES string of the molecule is CC(C)c1nc2c(s1)CN(Cc1cccc(F)c1)CC21CCN(S(C)(=O)=O)CC1.O=C(O)C(F)(F)F. The van der Waals surface area contributed by atoms with Crippen LogP contribution in [-0.2, 0) is 33.3 Å². The molecule has 2 aliphatic heterocycles. The standard InChI is InChI=1S/C21H28FN3O2S2.C2HF3O2/c1-15(2)20-23-19-18(28-20)13-24(12-16-5-4-6-17(22)11-16)14-21(19)7-9-25(10-8-21)29(3,26)27;3-2(4,5)1(6)7/h4-6,11,15H,7-10,12-14H2,1-3H3;(H,6,7). The number of carbonyl (C=O) groups is 1. The summed E-state index contributed by atoms with van der Waals surface area (Å²) in [6.07, 6.45) is -2.25. The van der Waals surface area contributed by atoms with Gasteiger partial charge in [-0.1, -0.05) is 26.0 Å². The number of piperidine rings is 1. The number of nitrogens with zero attached hydrogens (tertiary/aromatic N) is 3. The number of fused-ring (bicyclic) bond motifs is 2. The third-order valence-electron chi connectivity index (χ3n) is 6.29. The maximum Gasteiger partial charge on any atom is 0.490 e. The number of aromatic nitrogens is 1. The summed E-state index contributed by atoms with van der Waals surface area (Å²) in [6, 6.07) is 6.78. The topological polar surface area (TPSA) is 90.8 Å². The fourth-order valence-corrected chi connectivity index (χ4v) is 6.62. The van der Waals surface area contributed by atoms with Crippen LogP contribution < -0.4 is 0 Å². The van der Waals surface area contributed by atoms with Crippen LogP contribution in [0.4, 0.5) is 17.6 Å². The van der Waals surface area contributed by atoms with E-state index in [1.165, 1.54) is 22.9 Å². The molecule has 2 aromatic rings. The van der Waals surface area contributed by atoms with E-state index in [4.69, 9.17) is 14.9 Å². The summed E-state index contributed by atoms with van der Waals surface area (Å²) in [6.45, 7) is 7.70. The summed E-state index contributed by atoms with van der Waals surface area (Å²) in [5.41, 5.74) is 2.01. The average molecular weight is 552 g/mol. The van der Waals surface area contributed by atoms with Crippen LogP contribution in [0.15, 0.2) is 24.3 Å². The Morgan fingerprint density at radius 3 is 2.36 bits per heavy atom. The van der Waals surface area contributed by atoms with Crippen molar-refractivity contribution in [2.75, 3.05) is 25.9 Å². The molecular weight excluding hydrogens is 522 g/mol. The van der Waals surface area contributed by atoms with Crippen molar-refractivity contribution >= 4 is 27.3 Å². The molecule has 0 atom stereocenters. The molecule has 7 nitrogen and oxygen atoms in total. The molecule has 0 aliphatic carbocycles. The molecule has 0 bridgehead atoms. The molecule has 0 unspecified atom stereocenters. The molecule has 1 aromatic heterocycles. The maximum atomic E-state index is 13.7. The largest absolute Gasteiger partial charge is 0.490 e. The summed E-state index contributed by atoms with van der Waals surface area (Å²) >= 11 is 1.78. The van der Waals surface area contributed by atoms with Crippen LogP contribution in [0.5, 0.6) is 0 Å². The fraction of sp³-hybridized carbons (Fsp3) is 0.565. The van der Waals surface area contributed by atoms with E-state index in [9.17, 15) is 26.0 Å². The second kappa shape index (κ2) is 10.7. The maximum absolute atomic E-state index is 13.7. The highest BCUT2D eigenvalue weighted by atomic mass is 32.2. The number of carboxylic acid groups (broad SMARTS) is 1. The van der Waals surface area contributed by atoms with Crippen LogP contribution in [0.25, 0.3) is 0 Å². The highest BCUT2D eigenvalue weighted by Gasteiger charge is 2.45. The monoisotopic (exact) mass is 551 g/mol. The molecule has 1 aromatic carbocycles. The number of aliphatic carboxylic acids is 1. The first-order chi connectivity index (χ1) is 16.6. The quantitative estimate of drug-likeness (QED) is 0.569. The number of benzene rings is 1. The minimum Gasteiger partial charge on any atom is -0.475 e. The van der Waals surface area contributed by atoms with Gasteiger partial charge in [0.25, 0.3) is 0 Å². The predicted octanol–water partition coefficient (Wildman–Crippen LogP) is 4.35. The van der Waals surface area contributed by atoms with Gasteiger partial charge in [-0.2, -0.15) is 13.2 Å². The van der Waals surface area contributed by atoms with Crippen molar-refractivity contribution in [1.29, 1.82) is 0 Å². The zero-order valence-electron chi connectivity index (χ0n) is 20.2. The van der Waals surface area contributed by atoms with Crippen LogP contribution in [0.2, 0.25) is 0 Å². The lowest BCUT2D eigenvalue weighted by Crippen LogP contribution is -2.52. The summed E-state index contributed by atoms with van der Waals surface area (Å²) < 4.78 is 71.0. The Bertz CT molecular complexity index is 1190. The summed E-state index contributed by atoms with van der Waals surface area (Å²) in [7, 11) is -3.17. The summed E-state index contributed by atoms with van der Waals surface area (Å²) in [5.74, 6) is -2.60. The second-order valence-corrected chi connectivity index (χ2v) is 12.6. The smallest absolute Gasteiger partial charge is 0.475 e. The van der Waals surface area contributed by atoms with Gasteiger partial charge in [-0.05, 0) is 30.5 Å². The molecule has 4 rings (SSSR count). The zero-order valence-corrected chi connectivity index (χ0v) is 21.8. The van der Waals surface area contributed by atoms with Gasteiger partial charge in [0.2, 0.25) is 10.0 Å². The molecule has 2 aliphatic rings. The molecule has 1 saturated heterocycles. The van der Waals surface area contributed by atoms with E-state index in [2.05, 4.69) is 18.7 Å². The number of sulfonamides is 1. The molecule has 0 saturated carbocycles. The van der Waals surface area contributed by atoms with Gasteiger partial charge < -0.3 is 5.11 Å². The van der Waals surface area contributed by atoms with Crippen molar-refractivity contribution in [3.8, 4) is 0 Å². The Balaban J connectivity index is 0.000000454. The van der Waals surface area contributed by atoms with E-state index in [1.807, 2.05) is 6.07 Å². The second-order valence-electron chi connectivity index (χ2n) is 9.50. The van der Waals surface area contributed by atoms with Gasteiger partial charge in [-0.3, -0.25) is 4.90 Å². The molecule has 3 heterocycles. The third-order valence-corrected chi connectivity index (χ3v) is 8.93. The Morgan fingerprint density at radius 1 is 1.25 bits per heavy atom. The lowest BCUT2D eigenvalue weighted by molar-refractivity contribution is -0.192. The number of alkyl halides is 3. The normalized spacial score (nSPS) is 18.6. The van der Waals surface area contributed by atoms with E-state index in [0.29, 0.717) is 25.6 Å². The number of halogens is 4. The van der Waals surface area contributed by atoms with Gasteiger partial charge in [0, 0.05) is 48.9 Å². The van der Waals surface area contributed by atoms with Crippen LogP contribution in [-0.4, -0.2) is 65.7 Å². The molecule has 1 N–H and O–H groups in total. The summed E-state index contributed by atoms with van der Waals surface area (Å²) in [4.78, 5) is 17.6. The number of hydrogen-bond acceptors (Lipinski definition) is 6. The van der Waals surface area contributed by atoms with Gasteiger partial charge in [0.1, 0.15) is 5.82 Å². The Hall–Kier alpha value is -2.09. The van der Waals surface area contributed by atoms with Crippen LogP contribution in [0, 0.1) is 5.82 Å². The fourth-order valence-electron chi connectivity index (χ4n) is 4.55. The first kappa shape index (κ1) is 28.5. The van der Waals surface area contributed by atoms with Crippen molar-refractivity contribution in [1.82, 2.24) is 14.2 Å². The number of thiazole rings is 1. The minimum absolute atomic E-state index is 0.133. The van der Waals surface area contributed by atoms with Crippen molar-refractivity contribution in [3.05, 3.63) is 51.2 Å². The molecule has 36 heavy (non-hydrogen) atoms. The van der Waals surface area contributed by atoms with Gasteiger partial charge in [0.05, 0.1) is 17.0 Å². The lowest BCUT2D eigenvalue weighted by Gasteiger charge is -2.46. The van der Waals surface area contributed by atoms with Gasteiger partial charge >= 0.3 is 12.1 Å². The van der Waals surface area contributed by atoms with Gasteiger partial charge in [-0.15, -0.1) is 11.3 Å². The first-order valence-electron chi connectivity index (χ1n) is 11.3. The molecular formula is C23H29F4N3O4S2. The van der Waals surface area contributed by atoms with E-state index >= 15 is 0 Å². The Morgan fingerprint density at radius 2 is 1.86 bits per heavy atom. The molecule has 200 valence electrons. The first-order valence-corrected chi connectivity index (χ1v) is 14.0. The molecule has 1 fully saturated rings. The average Bonchev–Trinajstić information content (AvgIpc) is 3.19. The Labute approximate surface area is 211 Å². The van der Waals surface area contributed by atoms with Gasteiger partial charge in [0.15, 0.2) is 0 Å². The minimum atomic E-state index is -5.08. The zero-order chi connectivity index (χ0) is 26.9. The Kier molecular flexibility index (Phi) is 8.48. The van der Waals surface area contributed by atoms with Gasteiger partial charge in [-0.25, -0.2) is 26.9 Å². The van der Waals surface area contributed by atoms with Crippen LogP contribution in [0.1, 0.15) is 53.7 Å². The molecule has 1 spiro atoms. The molecule has 0 radical (unpaired) electrons. The van der Waals surface area contributed by atoms with Crippen molar-refractivity contribution in [3.63, 3.8) is 0 Å². The predicted molar refractivity (Wildman–Crippen MR) is 128 cm³/mol. The summed E-state index contributed by atoms with van der Waals surface area (Å²) in [5, 5.41) is 8.27. The highest BCUT2D eigenvalue weighted by Crippen LogP contribution is 2.45. The van der Waals surface area contributed by atoms with Crippen molar-refractivity contribution < 1.29 is 35.9 Å². The van der Waals surface area contributed by atoms with E-state index < -0.39 is 22.2 Å². The highest BCUT2D eigenvalue weighted by molar-refractivity contribution is 7.88. The lowest BCUT2D eigenvalue weighted by atomic mass is 9.73. The van der Waals surface area contributed by atoms with Crippen molar-refractivity contribution in [2.24, 2.45) is 0 Å². The number of hydrogen-bond donors (Lipinski definition) is 1. The number of rotatable bonds is 4. The molecule has 13 heteroatoms. The van der Waals surface area contributed by atoms with E-state index in [-0.39, 0.29) is 11.2 Å². The molecule has 0 amide bonds. The third kappa shape index (κ3) is 6.81. The van der Waals surface area contributed by atoms with E-state index in [0.717, 1.165) is 36.5 Å². The van der Waals surface area contributed by atoms with Crippen molar-refractivity contribution in [2.45, 2.75) is 57.3 Å². The van der Waals surface area contributed by atoms with Crippen LogP contribution in [0.3, 0.4) is 0 Å². The number of carboxylic acids is 1. The van der Waals surface area contributed by atoms with Crippen LogP contribution >= 0.6 is 11.3 Å². The van der Waals surface area contributed by atoms with E-state index in [1.54, 1.807) is 27.8 Å².